The van der Waals surface area contributed by atoms with Crippen molar-refractivity contribution in [1.82, 2.24) is 15.1 Å². The van der Waals surface area contributed by atoms with Crippen molar-refractivity contribution in [3.63, 3.8) is 0 Å². The van der Waals surface area contributed by atoms with Crippen LogP contribution in [-0.2, 0) is 4.74 Å². The van der Waals surface area contributed by atoms with E-state index < -0.39 is 5.97 Å². The topological polar surface area (TPSA) is 81.3 Å². The Kier molecular flexibility index (Phi) is 2.90. The average molecular weight is 236 g/mol. The van der Waals surface area contributed by atoms with E-state index >= 15 is 0 Å². The van der Waals surface area contributed by atoms with Crippen LogP contribution in [-0.4, -0.2) is 41.8 Å². The van der Waals surface area contributed by atoms with Crippen molar-refractivity contribution in [3.8, 4) is 0 Å². The Morgan fingerprint density at radius 2 is 2.29 bits per heavy atom. The van der Waals surface area contributed by atoms with E-state index in [4.69, 9.17) is 9.26 Å². The number of rotatable bonds is 3. The zero-order chi connectivity index (χ0) is 12.4. The first-order valence-corrected chi connectivity index (χ1v) is 5.10. The second kappa shape index (κ2) is 4.36. The quantitative estimate of drug-likeness (QED) is 0.731. The number of hydrogen-bond donors (Lipinski definition) is 0. The van der Waals surface area contributed by atoms with Crippen molar-refractivity contribution >= 4 is 23.0 Å². The van der Waals surface area contributed by atoms with Crippen molar-refractivity contribution in [2.45, 2.75) is 6.92 Å². The molecule has 0 aliphatic heterocycles. The van der Waals surface area contributed by atoms with Crippen molar-refractivity contribution in [2.75, 3.05) is 25.6 Å². The highest BCUT2D eigenvalue weighted by Crippen LogP contribution is 2.18. The lowest BCUT2D eigenvalue weighted by atomic mass is 10.3. The fourth-order valence-corrected chi connectivity index (χ4v) is 1.28. The third-order valence-electron chi connectivity index (χ3n) is 2.07. The standard InChI is InChI=1S/C10H12N4O3/c1-4-16-9(15)8-7-6(13-17-8)5-11-10(12-7)14(2)3/h5H,4H2,1-3H3. The minimum absolute atomic E-state index is 0.00681. The van der Waals surface area contributed by atoms with Gasteiger partial charge in [-0.25, -0.2) is 14.8 Å². The molecule has 0 radical (unpaired) electrons. The van der Waals surface area contributed by atoms with Crippen LogP contribution in [0.1, 0.15) is 17.5 Å². The van der Waals surface area contributed by atoms with Crippen molar-refractivity contribution in [1.29, 1.82) is 0 Å². The minimum Gasteiger partial charge on any atom is -0.460 e. The van der Waals surface area contributed by atoms with E-state index in [1.807, 2.05) is 0 Å². The highest BCUT2D eigenvalue weighted by molar-refractivity contribution is 5.98. The fourth-order valence-electron chi connectivity index (χ4n) is 1.28. The molecule has 2 aromatic rings. The number of fused-ring (bicyclic) bond motifs is 1. The Hall–Kier alpha value is -2.18. The molecule has 90 valence electrons. The van der Waals surface area contributed by atoms with E-state index in [2.05, 4.69) is 15.1 Å². The molecule has 0 aliphatic rings. The minimum atomic E-state index is -0.571. The molecule has 0 spiro atoms. The number of aromatic nitrogens is 3. The van der Waals surface area contributed by atoms with Crippen LogP contribution in [0.2, 0.25) is 0 Å². The largest absolute Gasteiger partial charge is 0.460 e. The molecule has 0 saturated heterocycles. The van der Waals surface area contributed by atoms with Gasteiger partial charge in [-0.15, -0.1) is 0 Å². The van der Waals surface area contributed by atoms with Gasteiger partial charge in [0.25, 0.3) is 5.76 Å². The van der Waals surface area contributed by atoms with Gasteiger partial charge >= 0.3 is 5.97 Å². The lowest BCUT2D eigenvalue weighted by Gasteiger charge is -2.08. The number of ether oxygens (including phenoxy) is 1. The lowest BCUT2D eigenvalue weighted by molar-refractivity contribution is 0.0482. The molecule has 0 atom stereocenters. The first kappa shape index (κ1) is 11.3. The number of nitrogens with zero attached hydrogens (tertiary/aromatic N) is 4. The van der Waals surface area contributed by atoms with E-state index in [0.717, 1.165) is 0 Å². The molecule has 0 aliphatic carbocycles. The molecule has 7 nitrogen and oxygen atoms in total. The van der Waals surface area contributed by atoms with Crippen LogP contribution in [0.5, 0.6) is 0 Å². The second-order valence-electron chi connectivity index (χ2n) is 3.53. The summed E-state index contributed by atoms with van der Waals surface area (Å²) in [6, 6.07) is 0. The molecule has 0 unspecified atom stereocenters. The number of carbonyl (C=O) groups excluding carboxylic acids is 1. The SMILES string of the molecule is CCOC(=O)c1onc2cnc(N(C)C)nc12. The summed E-state index contributed by atoms with van der Waals surface area (Å²) in [7, 11) is 3.61. The van der Waals surface area contributed by atoms with Crippen LogP contribution in [0.4, 0.5) is 5.95 Å². The molecular weight excluding hydrogens is 224 g/mol. The summed E-state index contributed by atoms with van der Waals surface area (Å²) in [4.78, 5) is 21.6. The van der Waals surface area contributed by atoms with Gasteiger partial charge in [0.15, 0.2) is 11.0 Å². The van der Waals surface area contributed by atoms with Crippen LogP contribution in [0, 0.1) is 0 Å². The predicted octanol–water partition coefficient (Wildman–Crippen LogP) is 0.860. The highest BCUT2D eigenvalue weighted by atomic mass is 16.6. The summed E-state index contributed by atoms with van der Waals surface area (Å²) in [6.07, 6.45) is 1.50. The summed E-state index contributed by atoms with van der Waals surface area (Å²) in [5.74, 6) is -0.0861. The van der Waals surface area contributed by atoms with E-state index in [1.165, 1.54) is 6.20 Å². The van der Waals surface area contributed by atoms with Crippen LogP contribution in [0.3, 0.4) is 0 Å². The van der Waals surface area contributed by atoms with E-state index in [0.29, 0.717) is 17.0 Å². The highest BCUT2D eigenvalue weighted by Gasteiger charge is 2.20. The van der Waals surface area contributed by atoms with Crippen LogP contribution >= 0.6 is 0 Å². The molecule has 2 rings (SSSR count). The summed E-state index contributed by atoms with van der Waals surface area (Å²) in [5, 5.41) is 3.70. The second-order valence-corrected chi connectivity index (χ2v) is 3.53. The Morgan fingerprint density at radius 1 is 1.53 bits per heavy atom. The maximum absolute atomic E-state index is 11.6. The van der Waals surface area contributed by atoms with Gasteiger partial charge in [0.05, 0.1) is 12.8 Å². The number of anilines is 1. The first-order valence-electron chi connectivity index (χ1n) is 5.10. The summed E-state index contributed by atoms with van der Waals surface area (Å²) < 4.78 is 9.77. The molecule has 0 saturated carbocycles. The molecule has 0 amide bonds. The molecule has 17 heavy (non-hydrogen) atoms. The molecule has 0 bridgehead atoms. The lowest BCUT2D eigenvalue weighted by Crippen LogP contribution is -2.12. The van der Waals surface area contributed by atoms with Crippen LogP contribution in [0.25, 0.3) is 11.0 Å². The van der Waals surface area contributed by atoms with Gasteiger partial charge in [-0.3, -0.25) is 0 Å². The summed E-state index contributed by atoms with van der Waals surface area (Å²) >= 11 is 0. The first-order chi connectivity index (χ1) is 8.13. The maximum atomic E-state index is 11.6. The van der Waals surface area contributed by atoms with Crippen molar-refractivity contribution in [2.24, 2.45) is 0 Å². The molecule has 0 aromatic carbocycles. The number of carbonyl (C=O) groups is 1. The molecule has 2 heterocycles. The van der Waals surface area contributed by atoms with Crippen LogP contribution < -0.4 is 4.90 Å². The van der Waals surface area contributed by atoms with Gasteiger partial charge in [0, 0.05) is 14.1 Å². The summed E-state index contributed by atoms with van der Waals surface area (Å²) in [5.41, 5.74) is 0.792. The fraction of sp³-hybridized carbons (Fsp3) is 0.400. The third-order valence-corrected chi connectivity index (χ3v) is 2.07. The molecule has 7 heteroatoms. The van der Waals surface area contributed by atoms with E-state index in [1.54, 1.807) is 25.9 Å². The number of hydrogen-bond acceptors (Lipinski definition) is 7. The smallest absolute Gasteiger partial charge is 0.379 e. The zero-order valence-corrected chi connectivity index (χ0v) is 9.80. The van der Waals surface area contributed by atoms with Crippen molar-refractivity contribution < 1.29 is 14.1 Å². The Balaban J connectivity index is 2.50. The zero-order valence-electron chi connectivity index (χ0n) is 9.80. The molecular formula is C10H12N4O3. The Labute approximate surface area is 97.4 Å². The van der Waals surface area contributed by atoms with Gasteiger partial charge in [-0.2, -0.15) is 0 Å². The van der Waals surface area contributed by atoms with Gasteiger partial charge < -0.3 is 14.2 Å². The number of esters is 1. The maximum Gasteiger partial charge on any atom is 0.379 e. The van der Waals surface area contributed by atoms with Gasteiger partial charge in [-0.05, 0) is 6.92 Å². The monoisotopic (exact) mass is 236 g/mol. The predicted molar refractivity (Wildman–Crippen MR) is 59.9 cm³/mol. The van der Waals surface area contributed by atoms with Crippen molar-refractivity contribution in [3.05, 3.63) is 12.0 Å². The third kappa shape index (κ3) is 2.03. The van der Waals surface area contributed by atoms with E-state index in [-0.39, 0.29) is 12.4 Å². The van der Waals surface area contributed by atoms with Gasteiger partial charge in [-0.1, -0.05) is 5.16 Å². The van der Waals surface area contributed by atoms with Gasteiger partial charge in [0.1, 0.15) is 0 Å². The molecule has 0 fully saturated rings. The normalized spacial score (nSPS) is 10.5. The molecule has 2 aromatic heterocycles. The van der Waals surface area contributed by atoms with Gasteiger partial charge in [0.2, 0.25) is 5.95 Å². The van der Waals surface area contributed by atoms with E-state index in [9.17, 15) is 4.79 Å². The molecule has 0 N–H and O–H groups in total. The summed E-state index contributed by atoms with van der Waals surface area (Å²) in [6.45, 7) is 1.99. The average Bonchev–Trinajstić information content (AvgIpc) is 2.71. The van der Waals surface area contributed by atoms with Crippen LogP contribution in [0.15, 0.2) is 10.7 Å². The Morgan fingerprint density at radius 3 is 2.94 bits per heavy atom. The Bertz CT molecular complexity index is 549.